The normalized spacial score (nSPS) is 12.5. The van der Waals surface area contributed by atoms with Crippen molar-refractivity contribution in [2.24, 2.45) is 5.73 Å². The maximum atomic E-state index is 12.3. The first kappa shape index (κ1) is 17.6. The van der Waals surface area contributed by atoms with Crippen molar-refractivity contribution in [3.63, 3.8) is 0 Å². The summed E-state index contributed by atoms with van der Waals surface area (Å²) in [5.74, 6) is 5.43. The van der Waals surface area contributed by atoms with E-state index in [0.29, 0.717) is 18.6 Å². The summed E-state index contributed by atoms with van der Waals surface area (Å²) < 4.78 is 32.3. The molecule has 1 unspecified atom stereocenters. The number of hydrogen-bond donors (Lipinski definition) is 2. The molecule has 0 aliphatic carbocycles. The van der Waals surface area contributed by atoms with Gasteiger partial charge in [-0.15, -0.1) is 0 Å². The molecule has 0 saturated heterocycles. The highest BCUT2D eigenvalue weighted by molar-refractivity contribution is 7.89. The van der Waals surface area contributed by atoms with Crippen molar-refractivity contribution in [3.05, 3.63) is 24.0 Å². The third kappa shape index (κ3) is 5.81. The van der Waals surface area contributed by atoms with Crippen molar-refractivity contribution in [2.75, 3.05) is 20.3 Å². The molecule has 116 valence electrons. The minimum absolute atomic E-state index is 0.0866. The number of nitrogens with two attached hydrogens (primary N) is 1. The van der Waals surface area contributed by atoms with Crippen LogP contribution in [0.25, 0.3) is 0 Å². The van der Waals surface area contributed by atoms with Gasteiger partial charge in [-0.25, -0.2) is 13.1 Å². The van der Waals surface area contributed by atoms with Gasteiger partial charge in [0.25, 0.3) is 0 Å². The average molecular weight is 311 g/mol. The van der Waals surface area contributed by atoms with E-state index in [1.807, 2.05) is 6.92 Å². The van der Waals surface area contributed by atoms with E-state index in [4.69, 9.17) is 10.5 Å². The van der Waals surface area contributed by atoms with Gasteiger partial charge in [-0.1, -0.05) is 25.2 Å². The largest absolute Gasteiger partial charge is 0.383 e. The molecule has 0 aliphatic rings. The second-order valence-electron chi connectivity index (χ2n) is 4.48. The molecule has 1 aromatic heterocycles. The molecule has 0 saturated carbocycles. The molecule has 7 heteroatoms. The average Bonchev–Trinajstić information content (AvgIpc) is 2.45. The van der Waals surface area contributed by atoms with E-state index < -0.39 is 10.0 Å². The van der Waals surface area contributed by atoms with E-state index in [1.165, 1.54) is 18.5 Å². The Bertz CT molecular complexity index is 599. The lowest BCUT2D eigenvalue weighted by Gasteiger charge is -2.17. The number of ether oxygens (including phenoxy) is 1. The molecule has 0 aromatic carbocycles. The smallest absolute Gasteiger partial charge is 0.242 e. The summed E-state index contributed by atoms with van der Waals surface area (Å²) >= 11 is 0. The second-order valence-corrected chi connectivity index (χ2v) is 6.19. The number of pyridine rings is 1. The molecule has 21 heavy (non-hydrogen) atoms. The summed E-state index contributed by atoms with van der Waals surface area (Å²) in [5, 5.41) is 0. The van der Waals surface area contributed by atoms with Crippen LogP contribution >= 0.6 is 0 Å². The summed E-state index contributed by atoms with van der Waals surface area (Å²) in [7, 11) is -2.10. The molecule has 0 bridgehead atoms. The van der Waals surface area contributed by atoms with Crippen molar-refractivity contribution >= 4 is 10.0 Å². The monoisotopic (exact) mass is 311 g/mol. The Kier molecular flexibility index (Phi) is 7.32. The van der Waals surface area contributed by atoms with E-state index in [-0.39, 0.29) is 17.5 Å². The summed E-state index contributed by atoms with van der Waals surface area (Å²) in [6.45, 7) is 2.52. The Labute approximate surface area is 126 Å². The van der Waals surface area contributed by atoms with Gasteiger partial charge in [0.1, 0.15) is 4.90 Å². The molecule has 6 nitrogen and oxygen atoms in total. The van der Waals surface area contributed by atoms with Crippen LogP contribution in [0.15, 0.2) is 23.4 Å². The number of hydrogen-bond acceptors (Lipinski definition) is 5. The van der Waals surface area contributed by atoms with Crippen LogP contribution in [0.3, 0.4) is 0 Å². The molecule has 0 amide bonds. The van der Waals surface area contributed by atoms with Gasteiger partial charge in [0.05, 0.1) is 13.2 Å². The zero-order chi connectivity index (χ0) is 15.7. The van der Waals surface area contributed by atoms with Crippen LogP contribution in [0.1, 0.15) is 25.3 Å². The SMILES string of the molecule is CCCC(COC)NS(=O)(=O)c1cncc(C#CCN)c1. The molecule has 3 N–H and O–H groups in total. The molecule has 1 heterocycles. The Morgan fingerprint density at radius 1 is 1.48 bits per heavy atom. The van der Waals surface area contributed by atoms with Crippen LogP contribution in [-0.4, -0.2) is 39.7 Å². The highest BCUT2D eigenvalue weighted by atomic mass is 32.2. The maximum Gasteiger partial charge on any atom is 0.242 e. The number of nitrogens with one attached hydrogen (secondary N) is 1. The van der Waals surface area contributed by atoms with Gasteiger partial charge >= 0.3 is 0 Å². The fraction of sp³-hybridized carbons (Fsp3) is 0.500. The van der Waals surface area contributed by atoms with Crippen LogP contribution in [0.4, 0.5) is 0 Å². The Hall–Kier alpha value is -1.46. The number of sulfonamides is 1. The lowest BCUT2D eigenvalue weighted by atomic mass is 10.2. The minimum atomic E-state index is -3.64. The van der Waals surface area contributed by atoms with Crippen LogP contribution in [0.5, 0.6) is 0 Å². The fourth-order valence-corrected chi connectivity index (χ4v) is 3.04. The van der Waals surface area contributed by atoms with Gasteiger partial charge in [0.2, 0.25) is 10.0 Å². The third-order valence-electron chi connectivity index (χ3n) is 2.69. The predicted octanol–water partition coefficient (Wildman–Crippen LogP) is 0.485. The van der Waals surface area contributed by atoms with Gasteiger partial charge in [-0.3, -0.25) is 4.98 Å². The second kappa shape index (κ2) is 8.74. The minimum Gasteiger partial charge on any atom is -0.383 e. The van der Waals surface area contributed by atoms with Crippen molar-refractivity contribution in [1.82, 2.24) is 9.71 Å². The summed E-state index contributed by atoms with van der Waals surface area (Å²) in [4.78, 5) is 4.00. The standard InChI is InChI=1S/C14H21N3O3S/c1-3-5-13(11-20-2)17-21(18,19)14-8-12(6-4-7-15)9-16-10-14/h8-10,13,17H,3,5,7,11,15H2,1-2H3. The van der Waals surface area contributed by atoms with E-state index in [2.05, 4.69) is 21.5 Å². The van der Waals surface area contributed by atoms with E-state index >= 15 is 0 Å². The van der Waals surface area contributed by atoms with E-state index in [9.17, 15) is 8.42 Å². The number of rotatable bonds is 7. The van der Waals surface area contributed by atoms with Crippen molar-refractivity contribution < 1.29 is 13.2 Å². The van der Waals surface area contributed by atoms with Crippen molar-refractivity contribution in [2.45, 2.75) is 30.7 Å². The number of aromatic nitrogens is 1. The molecule has 0 fully saturated rings. The summed E-state index contributed by atoms with van der Waals surface area (Å²) in [6, 6.07) is 1.22. The quantitative estimate of drug-likeness (QED) is 0.715. The lowest BCUT2D eigenvalue weighted by Crippen LogP contribution is -2.37. The van der Waals surface area contributed by atoms with Crippen LogP contribution in [0.2, 0.25) is 0 Å². The van der Waals surface area contributed by atoms with Crippen molar-refractivity contribution in [3.8, 4) is 11.8 Å². The highest BCUT2D eigenvalue weighted by Crippen LogP contribution is 2.11. The zero-order valence-electron chi connectivity index (χ0n) is 12.3. The van der Waals surface area contributed by atoms with Crippen LogP contribution in [0, 0.1) is 11.8 Å². The van der Waals surface area contributed by atoms with E-state index in [0.717, 1.165) is 6.42 Å². The third-order valence-corrected chi connectivity index (χ3v) is 4.17. The topological polar surface area (TPSA) is 94.3 Å². The van der Waals surface area contributed by atoms with Crippen LogP contribution < -0.4 is 10.5 Å². The molecule has 0 aliphatic heterocycles. The first-order valence-corrected chi connectivity index (χ1v) is 8.17. The predicted molar refractivity (Wildman–Crippen MR) is 81.1 cm³/mol. The molecular weight excluding hydrogens is 290 g/mol. The Morgan fingerprint density at radius 2 is 2.24 bits per heavy atom. The number of nitrogens with zero attached hydrogens (tertiary/aromatic N) is 1. The molecule has 1 aromatic rings. The molecule has 0 spiro atoms. The summed E-state index contributed by atoms with van der Waals surface area (Å²) in [6.07, 6.45) is 4.36. The van der Waals surface area contributed by atoms with Crippen molar-refractivity contribution in [1.29, 1.82) is 0 Å². The molecule has 0 radical (unpaired) electrons. The van der Waals surface area contributed by atoms with Gasteiger partial charge in [0.15, 0.2) is 0 Å². The van der Waals surface area contributed by atoms with Gasteiger partial charge in [0, 0.05) is 31.1 Å². The summed E-state index contributed by atoms with van der Waals surface area (Å²) in [5.41, 5.74) is 5.81. The van der Waals surface area contributed by atoms with Crippen LogP contribution in [-0.2, 0) is 14.8 Å². The number of methoxy groups -OCH3 is 1. The highest BCUT2D eigenvalue weighted by Gasteiger charge is 2.20. The first-order valence-electron chi connectivity index (χ1n) is 6.68. The molecule has 1 atom stereocenters. The molecular formula is C14H21N3O3S. The molecule has 1 rings (SSSR count). The Morgan fingerprint density at radius 3 is 2.86 bits per heavy atom. The maximum absolute atomic E-state index is 12.3. The Balaban J connectivity index is 2.96. The first-order chi connectivity index (χ1) is 10.0. The lowest BCUT2D eigenvalue weighted by molar-refractivity contribution is 0.171. The van der Waals surface area contributed by atoms with E-state index in [1.54, 1.807) is 7.11 Å². The zero-order valence-corrected chi connectivity index (χ0v) is 13.1. The van der Waals surface area contributed by atoms with Gasteiger partial charge in [-0.2, -0.15) is 0 Å². The van der Waals surface area contributed by atoms with Gasteiger partial charge in [-0.05, 0) is 12.5 Å². The van der Waals surface area contributed by atoms with Gasteiger partial charge < -0.3 is 10.5 Å². The fourth-order valence-electron chi connectivity index (χ4n) is 1.80.